The summed E-state index contributed by atoms with van der Waals surface area (Å²) in [5, 5.41) is 0. The van der Waals surface area contributed by atoms with Crippen molar-refractivity contribution in [1.82, 2.24) is 14.4 Å². The molecule has 0 aliphatic carbocycles. The highest BCUT2D eigenvalue weighted by Gasteiger charge is 2.07. The Labute approximate surface area is 77.4 Å². The smallest absolute Gasteiger partial charge is 0.110 e. The summed E-state index contributed by atoms with van der Waals surface area (Å²) in [5.74, 6) is 1.03. The zero-order valence-electron chi connectivity index (χ0n) is 8.42. The topological polar surface area (TPSA) is 30.2 Å². The van der Waals surface area contributed by atoms with E-state index in [9.17, 15) is 0 Å². The Balaban J connectivity index is 3.00. The SMILES string of the molecule is Cc1nc(C)c2cnc(C)n2c1C. The predicted octanol–water partition coefficient (Wildman–Crippen LogP) is 1.96. The summed E-state index contributed by atoms with van der Waals surface area (Å²) in [6.07, 6.45) is 1.88. The van der Waals surface area contributed by atoms with Crippen LogP contribution in [0.4, 0.5) is 0 Å². The molecule has 13 heavy (non-hydrogen) atoms. The molecule has 0 aliphatic heterocycles. The minimum atomic E-state index is 1.03. The van der Waals surface area contributed by atoms with Gasteiger partial charge in [-0.3, -0.25) is 9.38 Å². The van der Waals surface area contributed by atoms with Crippen molar-refractivity contribution in [2.24, 2.45) is 0 Å². The van der Waals surface area contributed by atoms with Gasteiger partial charge in [0.25, 0.3) is 0 Å². The van der Waals surface area contributed by atoms with Crippen LogP contribution in [0, 0.1) is 27.7 Å². The van der Waals surface area contributed by atoms with E-state index in [1.165, 1.54) is 5.69 Å². The average Bonchev–Trinajstić information content (AvgIpc) is 2.44. The number of fused-ring (bicyclic) bond motifs is 1. The van der Waals surface area contributed by atoms with E-state index in [4.69, 9.17) is 0 Å². The van der Waals surface area contributed by atoms with Gasteiger partial charge >= 0.3 is 0 Å². The Bertz CT molecular complexity index is 468. The van der Waals surface area contributed by atoms with Gasteiger partial charge in [-0.05, 0) is 27.7 Å². The Morgan fingerprint density at radius 1 is 1.08 bits per heavy atom. The summed E-state index contributed by atoms with van der Waals surface area (Å²) in [6.45, 7) is 8.13. The molecule has 0 saturated heterocycles. The first-order valence-electron chi connectivity index (χ1n) is 4.39. The highest BCUT2D eigenvalue weighted by Crippen LogP contribution is 2.14. The van der Waals surface area contributed by atoms with Crippen LogP contribution in [0.15, 0.2) is 6.20 Å². The molecule has 0 radical (unpaired) electrons. The largest absolute Gasteiger partial charge is 0.298 e. The van der Waals surface area contributed by atoms with Crippen molar-refractivity contribution < 1.29 is 0 Å². The molecule has 0 atom stereocenters. The quantitative estimate of drug-likeness (QED) is 0.612. The number of aryl methyl sites for hydroxylation is 4. The van der Waals surface area contributed by atoms with Crippen molar-refractivity contribution in [3.05, 3.63) is 29.1 Å². The van der Waals surface area contributed by atoms with Crippen LogP contribution in [0.1, 0.15) is 22.9 Å². The van der Waals surface area contributed by atoms with Gasteiger partial charge in [-0.1, -0.05) is 0 Å². The number of nitrogens with zero attached hydrogens (tertiary/aromatic N) is 3. The first-order chi connectivity index (χ1) is 6.11. The molecule has 0 unspecified atom stereocenters. The van der Waals surface area contributed by atoms with Crippen LogP contribution in [0.25, 0.3) is 5.52 Å². The van der Waals surface area contributed by atoms with Crippen molar-refractivity contribution in [2.45, 2.75) is 27.7 Å². The lowest BCUT2D eigenvalue weighted by atomic mass is 10.3. The normalized spacial score (nSPS) is 11.1. The Morgan fingerprint density at radius 2 is 1.77 bits per heavy atom. The number of hydrogen-bond donors (Lipinski definition) is 0. The molecule has 0 fully saturated rings. The van der Waals surface area contributed by atoms with Gasteiger partial charge in [0.1, 0.15) is 5.82 Å². The van der Waals surface area contributed by atoms with Gasteiger partial charge in [0, 0.05) is 5.69 Å². The molecule has 0 spiro atoms. The fourth-order valence-corrected chi connectivity index (χ4v) is 1.67. The lowest BCUT2D eigenvalue weighted by Crippen LogP contribution is -2.01. The Hall–Kier alpha value is -1.38. The number of hydrogen-bond acceptors (Lipinski definition) is 2. The molecule has 2 rings (SSSR count). The van der Waals surface area contributed by atoms with Crippen molar-refractivity contribution in [3.63, 3.8) is 0 Å². The summed E-state index contributed by atoms with van der Waals surface area (Å²) in [4.78, 5) is 8.74. The second kappa shape index (κ2) is 2.55. The van der Waals surface area contributed by atoms with Gasteiger partial charge in [0.15, 0.2) is 0 Å². The third-order valence-corrected chi connectivity index (χ3v) is 2.50. The highest BCUT2D eigenvalue weighted by molar-refractivity contribution is 5.52. The molecule has 0 aliphatic rings. The minimum Gasteiger partial charge on any atom is -0.298 e. The van der Waals surface area contributed by atoms with Crippen molar-refractivity contribution in [3.8, 4) is 0 Å². The first kappa shape index (κ1) is 8.23. The summed E-state index contributed by atoms with van der Waals surface area (Å²) >= 11 is 0. The maximum Gasteiger partial charge on any atom is 0.110 e. The van der Waals surface area contributed by atoms with Crippen LogP contribution in [-0.4, -0.2) is 14.4 Å². The predicted molar refractivity (Wildman–Crippen MR) is 51.9 cm³/mol. The molecule has 0 amide bonds. The fraction of sp³-hybridized carbons (Fsp3) is 0.400. The van der Waals surface area contributed by atoms with Crippen LogP contribution in [0.2, 0.25) is 0 Å². The summed E-state index contributed by atoms with van der Waals surface area (Å²) in [6, 6.07) is 0. The second-order valence-electron chi connectivity index (χ2n) is 3.39. The van der Waals surface area contributed by atoms with Crippen LogP contribution in [0.5, 0.6) is 0 Å². The first-order valence-corrected chi connectivity index (χ1v) is 4.39. The van der Waals surface area contributed by atoms with Crippen molar-refractivity contribution in [2.75, 3.05) is 0 Å². The maximum atomic E-state index is 4.45. The van der Waals surface area contributed by atoms with E-state index in [0.29, 0.717) is 0 Å². The molecule has 0 N–H and O–H groups in total. The molecule has 2 aromatic rings. The molecule has 0 bridgehead atoms. The lowest BCUT2D eigenvalue weighted by Gasteiger charge is -2.07. The maximum absolute atomic E-state index is 4.45. The van der Waals surface area contributed by atoms with Gasteiger partial charge in [0.05, 0.1) is 23.1 Å². The molecule has 2 aromatic heterocycles. The van der Waals surface area contributed by atoms with E-state index in [1.54, 1.807) is 0 Å². The van der Waals surface area contributed by atoms with E-state index in [-0.39, 0.29) is 0 Å². The Morgan fingerprint density at radius 3 is 2.46 bits per heavy atom. The number of rotatable bonds is 0. The van der Waals surface area contributed by atoms with Crippen LogP contribution >= 0.6 is 0 Å². The van der Waals surface area contributed by atoms with Gasteiger partial charge in [0.2, 0.25) is 0 Å². The summed E-state index contributed by atoms with van der Waals surface area (Å²) in [7, 11) is 0. The van der Waals surface area contributed by atoms with E-state index in [2.05, 4.69) is 21.3 Å². The molecular weight excluding hydrogens is 162 g/mol. The van der Waals surface area contributed by atoms with Gasteiger partial charge in [-0.15, -0.1) is 0 Å². The molecule has 2 heterocycles. The molecule has 0 aromatic carbocycles. The molecule has 3 heteroatoms. The average molecular weight is 175 g/mol. The van der Waals surface area contributed by atoms with Crippen molar-refractivity contribution in [1.29, 1.82) is 0 Å². The number of imidazole rings is 1. The van der Waals surface area contributed by atoms with Crippen molar-refractivity contribution >= 4 is 5.52 Å². The molecule has 68 valence electrons. The third kappa shape index (κ3) is 1.03. The van der Waals surface area contributed by atoms with E-state index < -0.39 is 0 Å². The second-order valence-corrected chi connectivity index (χ2v) is 3.39. The fourth-order valence-electron chi connectivity index (χ4n) is 1.67. The van der Waals surface area contributed by atoms with E-state index in [0.717, 1.165) is 22.7 Å². The van der Waals surface area contributed by atoms with Crippen LogP contribution in [0.3, 0.4) is 0 Å². The van der Waals surface area contributed by atoms with E-state index >= 15 is 0 Å². The zero-order valence-corrected chi connectivity index (χ0v) is 8.42. The monoisotopic (exact) mass is 175 g/mol. The standard InChI is InChI=1S/C10H13N3/c1-6-8(3)13-9(4)11-5-10(13)7(2)12-6/h5H,1-4H3. The van der Waals surface area contributed by atoms with Gasteiger partial charge in [-0.2, -0.15) is 0 Å². The zero-order chi connectivity index (χ0) is 9.59. The third-order valence-electron chi connectivity index (χ3n) is 2.50. The van der Waals surface area contributed by atoms with Crippen LogP contribution in [-0.2, 0) is 0 Å². The molecule has 0 saturated carbocycles. The van der Waals surface area contributed by atoms with Gasteiger partial charge < -0.3 is 0 Å². The van der Waals surface area contributed by atoms with Gasteiger partial charge in [-0.25, -0.2) is 4.98 Å². The number of aromatic nitrogens is 3. The molecule has 3 nitrogen and oxygen atoms in total. The highest BCUT2D eigenvalue weighted by atomic mass is 15.0. The van der Waals surface area contributed by atoms with Crippen LogP contribution < -0.4 is 0 Å². The Kier molecular flexibility index (Phi) is 1.62. The summed E-state index contributed by atoms with van der Waals surface area (Å²) < 4.78 is 2.15. The molecular formula is C10H13N3. The minimum absolute atomic E-state index is 1.03. The lowest BCUT2D eigenvalue weighted by molar-refractivity contribution is 0.931. The van der Waals surface area contributed by atoms with E-state index in [1.807, 2.05) is 27.0 Å². The summed E-state index contributed by atoms with van der Waals surface area (Å²) in [5.41, 5.74) is 4.41.